The predicted molar refractivity (Wildman–Crippen MR) is 66.1 cm³/mol. The summed E-state index contributed by atoms with van der Waals surface area (Å²) >= 11 is 1.65. The van der Waals surface area contributed by atoms with E-state index in [9.17, 15) is 4.79 Å². The summed E-state index contributed by atoms with van der Waals surface area (Å²) in [5.74, 6) is 1.17. The number of carbonyl (C=O) groups excluding carboxylic acids is 1. The molecule has 0 aliphatic rings. The fourth-order valence-electron chi connectivity index (χ4n) is 1.62. The fourth-order valence-corrected chi connectivity index (χ4v) is 2.23. The van der Waals surface area contributed by atoms with Gasteiger partial charge >= 0.3 is 0 Å². The van der Waals surface area contributed by atoms with Gasteiger partial charge in [0, 0.05) is 11.9 Å². The summed E-state index contributed by atoms with van der Waals surface area (Å²) in [6.45, 7) is 3.45. The molecule has 2 rings (SSSR count). The van der Waals surface area contributed by atoms with Crippen molar-refractivity contribution in [1.82, 2.24) is 9.88 Å². The lowest BCUT2D eigenvalue weighted by atomic mass is 10.4. The van der Waals surface area contributed by atoms with Gasteiger partial charge in [0.15, 0.2) is 12.0 Å². The van der Waals surface area contributed by atoms with Crippen LogP contribution in [0, 0.1) is 6.92 Å². The summed E-state index contributed by atoms with van der Waals surface area (Å²) in [6, 6.07) is 3.51. The standard InChI is InChI=1S/C12H14N2O2S/c1-9-13-10(8-17-9)5-14(2)6-11-3-4-12(7-15)16-11/h3-4,7-8H,5-6H2,1-2H3. The van der Waals surface area contributed by atoms with Crippen LogP contribution in [0.4, 0.5) is 0 Å². The summed E-state index contributed by atoms with van der Waals surface area (Å²) in [5.41, 5.74) is 1.07. The first-order valence-corrected chi connectivity index (χ1v) is 6.19. The number of carbonyl (C=O) groups is 1. The molecule has 0 aliphatic heterocycles. The third kappa shape index (κ3) is 3.25. The first kappa shape index (κ1) is 12.0. The van der Waals surface area contributed by atoms with Crippen LogP contribution in [0.2, 0.25) is 0 Å². The zero-order chi connectivity index (χ0) is 12.3. The number of nitrogens with zero attached hydrogens (tertiary/aromatic N) is 2. The number of furan rings is 1. The fraction of sp³-hybridized carbons (Fsp3) is 0.333. The van der Waals surface area contributed by atoms with Crippen molar-refractivity contribution in [3.63, 3.8) is 0 Å². The second kappa shape index (κ2) is 5.25. The molecule has 0 saturated carbocycles. The number of hydrogen-bond donors (Lipinski definition) is 0. The molecule has 17 heavy (non-hydrogen) atoms. The zero-order valence-corrected chi connectivity index (χ0v) is 10.7. The molecule has 0 atom stereocenters. The van der Waals surface area contributed by atoms with E-state index in [4.69, 9.17) is 4.42 Å². The molecular weight excluding hydrogens is 236 g/mol. The second-order valence-electron chi connectivity index (χ2n) is 3.95. The molecule has 0 aromatic carbocycles. The normalized spacial score (nSPS) is 11.0. The van der Waals surface area contributed by atoms with E-state index >= 15 is 0 Å². The minimum atomic E-state index is 0.373. The van der Waals surface area contributed by atoms with Gasteiger partial charge in [0.2, 0.25) is 0 Å². The van der Waals surface area contributed by atoms with Gasteiger partial charge in [0.25, 0.3) is 0 Å². The molecular formula is C12H14N2O2S. The maximum Gasteiger partial charge on any atom is 0.185 e. The zero-order valence-electron chi connectivity index (χ0n) is 9.84. The van der Waals surface area contributed by atoms with Crippen molar-refractivity contribution < 1.29 is 9.21 Å². The average Bonchev–Trinajstić information content (AvgIpc) is 2.88. The lowest BCUT2D eigenvalue weighted by molar-refractivity contribution is 0.109. The molecule has 90 valence electrons. The van der Waals surface area contributed by atoms with Crippen molar-refractivity contribution in [2.24, 2.45) is 0 Å². The summed E-state index contributed by atoms with van der Waals surface area (Å²) in [6.07, 6.45) is 0.716. The number of hydrogen-bond acceptors (Lipinski definition) is 5. The Kier molecular flexibility index (Phi) is 3.71. The minimum absolute atomic E-state index is 0.373. The molecule has 4 nitrogen and oxygen atoms in total. The van der Waals surface area contributed by atoms with Gasteiger partial charge < -0.3 is 4.42 Å². The number of aromatic nitrogens is 1. The Balaban J connectivity index is 1.92. The van der Waals surface area contributed by atoms with Crippen LogP contribution in [-0.2, 0) is 13.1 Å². The molecule has 0 aliphatic carbocycles. The van der Waals surface area contributed by atoms with Crippen LogP contribution in [-0.4, -0.2) is 23.2 Å². The maximum absolute atomic E-state index is 10.5. The largest absolute Gasteiger partial charge is 0.457 e. The Bertz CT molecular complexity index is 504. The van der Waals surface area contributed by atoms with Crippen molar-refractivity contribution in [3.05, 3.63) is 39.7 Å². The van der Waals surface area contributed by atoms with E-state index in [1.807, 2.05) is 20.0 Å². The van der Waals surface area contributed by atoms with Crippen LogP contribution in [0.5, 0.6) is 0 Å². The molecule has 0 saturated heterocycles. The molecule has 0 bridgehead atoms. The van der Waals surface area contributed by atoms with Crippen molar-refractivity contribution in [2.45, 2.75) is 20.0 Å². The highest BCUT2D eigenvalue weighted by molar-refractivity contribution is 7.09. The third-order valence-corrected chi connectivity index (χ3v) is 3.15. The van der Waals surface area contributed by atoms with Gasteiger partial charge in [-0.25, -0.2) is 4.98 Å². The van der Waals surface area contributed by atoms with Crippen LogP contribution in [0.1, 0.15) is 27.0 Å². The predicted octanol–water partition coefficient (Wildman–Crippen LogP) is 2.49. The van der Waals surface area contributed by atoms with Gasteiger partial charge in [-0.3, -0.25) is 9.69 Å². The highest BCUT2D eigenvalue weighted by Gasteiger charge is 2.07. The van der Waals surface area contributed by atoms with E-state index in [1.165, 1.54) is 0 Å². The molecule has 0 N–H and O–H groups in total. The molecule has 0 radical (unpaired) electrons. The topological polar surface area (TPSA) is 46.3 Å². The Hall–Kier alpha value is -1.46. The molecule has 0 spiro atoms. The van der Waals surface area contributed by atoms with Crippen LogP contribution in [0.3, 0.4) is 0 Å². The van der Waals surface area contributed by atoms with Gasteiger partial charge in [-0.2, -0.15) is 0 Å². The maximum atomic E-state index is 10.5. The van der Waals surface area contributed by atoms with Crippen molar-refractivity contribution in [2.75, 3.05) is 7.05 Å². The van der Waals surface area contributed by atoms with Crippen molar-refractivity contribution in [3.8, 4) is 0 Å². The van der Waals surface area contributed by atoms with Gasteiger partial charge in [-0.15, -0.1) is 11.3 Å². The van der Waals surface area contributed by atoms with Crippen LogP contribution in [0.15, 0.2) is 21.9 Å². The van der Waals surface area contributed by atoms with Crippen LogP contribution < -0.4 is 0 Å². The van der Waals surface area contributed by atoms with E-state index in [0.717, 1.165) is 23.0 Å². The quantitative estimate of drug-likeness (QED) is 0.765. The van der Waals surface area contributed by atoms with Crippen molar-refractivity contribution in [1.29, 1.82) is 0 Å². The summed E-state index contributed by atoms with van der Waals surface area (Å²) in [7, 11) is 2.00. The van der Waals surface area contributed by atoms with E-state index < -0.39 is 0 Å². The highest BCUT2D eigenvalue weighted by atomic mass is 32.1. The molecule has 0 amide bonds. The number of thiazole rings is 1. The van der Waals surface area contributed by atoms with Crippen molar-refractivity contribution >= 4 is 17.6 Å². The molecule has 0 fully saturated rings. The molecule has 2 aromatic heterocycles. The third-order valence-electron chi connectivity index (χ3n) is 2.32. The molecule has 2 heterocycles. The van der Waals surface area contributed by atoms with Gasteiger partial charge in [-0.05, 0) is 26.1 Å². The number of rotatable bonds is 5. The van der Waals surface area contributed by atoms with E-state index in [-0.39, 0.29) is 0 Å². The van der Waals surface area contributed by atoms with Gasteiger partial charge in [-0.1, -0.05) is 0 Å². The van der Waals surface area contributed by atoms with E-state index in [1.54, 1.807) is 17.4 Å². The minimum Gasteiger partial charge on any atom is -0.457 e. The molecule has 2 aromatic rings. The summed E-state index contributed by atoms with van der Waals surface area (Å²) < 4.78 is 5.32. The lowest BCUT2D eigenvalue weighted by Crippen LogP contribution is -2.17. The van der Waals surface area contributed by atoms with Crippen LogP contribution >= 0.6 is 11.3 Å². The Labute approximate surface area is 104 Å². The first-order chi connectivity index (χ1) is 8.17. The molecule has 5 heteroatoms. The second-order valence-corrected chi connectivity index (χ2v) is 5.01. The highest BCUT2D eigenvalue weighted by Crippen LogP contribution is 2.13. The van der Waals surface area contributed by atoms with E-state index in [0.29, 0.717) is 18.6 Å². The summed E-state index contributed by atoms with van der Waals surface area (Å²) in [5, 5.41) is 3.14. The first-order valence-electron chi connectivity index (χ1n) is 5.31. The lowest BCUT2D eigenvalue weighted by Gasteiger charge is -2.13. The summed E-state index contributed by atoms with van der Waals surface area (Å²) in [4.78, 5) is 17.0. The Morgan fingerprint density at radius 3 is 2.88 bits per heavy atom. The number of aryl methyl sites for hydroxylation is 1. The van der Waals surface area contributed by atoms with E-state index in [2.05, 4.69) is 15.3 Å². The monoisotopic (exact) mass is 250 g/mol. The smallest absolute Gasteiger partial charge is 0.185 e. The van der Waals surface area contributed by atoms with Crippen LogP contribution in [0.25, 0.3) is 0 Å². The Morgan fingerprint density at radius 1 is 1.47 bits per heavy atom. The SMILES string of the molecule is Cc1nc(CN(C)Cc2ccc(C=O)o2)cs1. The average molecular weight is 250 g/mol. The molecule has 0 unspecified atom stereocenters. The number of aldehydes is 1. The Morgan fingerprint density at radius 2 is 2.29 bits per heavy atom. The van der Waals surface area contributed by atoms with Gasteiger partial charge in [0.05, 0.1) is 17.2 Å². The van der Waals surface area contributed by atoms with Gasteiger partial charge in [0.1, 0.15) is 5.76 Å².